The Labute approximate surface area is 236 Å². The number of rotatable bonds is 6. The molecule has 0 spiro atoms. The largest absolute Gasteiger partial charge is 0.508 e. The van der Waals surface area contributed by atoms with E-state index in [1.54, 1.807) is 12.1 Å². The number of aliphatic hydroxyl groups excluding tert-OH is 1. The molecule has 2 heterocycles. The predicted octanol–water partition coefficient (Wildman–Crippen LogP) is 5.04. The number of carbonyl (C=O) groups is 1. The topological polar surface area (TPSA) is 78.2 Å². The standard InChI is InChI=1S/C33H39N3O4/c1-22-17-36(23(2)20-37)33(39)32-31(28-11-7-8-12-29(28)35(32)4)27-10-6-5-9-25(27)21-40-30(22)19-34(3)18-24-13-15-26(38)16-14-24/h5-16,22-23,30,37-38H,17-21H2,1-4H3/t22-,23+,30-/m1/s1. The average molecular weight is 542 g/mol. The van der Waals surface area contributed by atoms with Crippen molar-refractivity contribution in [2.24, 2.45) is 13.0 Å². The van der Waals surface area contributed by atoms with Crippen molar-refractivity contribution in [3.8, 4) is 16.9 Å². The van der Waals surface area contributed by atoms with Crippen molar-refractivity contribution in [3.05, 3.63) is 89.6 Å². The molecular formula is C33H39N3O4. The monoisotopic (exact) mass is 541 g/mol. The smallest absolute Gasteiger partial charge is 0.271 e. The summed E-state index contributed by atoms with van der Waals surface area (Å²) in [6.45, 7) is 6.13. The van der Waals surface area contributed by atoms with Gasteiger partial charge < -0.3 is 24.4 Å². The minimum Gasteiger partial charge on any atom is -0.508 e. The third-order valence-corrected chi connectivity index (χ3v) is 8.11. The number of aryl methyl sites for hydroxylation is 1. The average Bonchev–Trinajstić information content (AvgIpc) is 3.25. The molecule has 7 heteroatoms. The molecule has 0 fully saturated rings. The summed E-state index contributed by atoms with van der Waals surface area (Å²) in [6, 6.07) is 23.2. The lowest BCUT2D eigenvalue weighted by molar-refractivity contribution is -0.0242. The van der Waals surface area contributed by atoms with Crippen LogP contribution in [0.3, 0.4) is 0 Å². The number of carbonyl (C=O) groups excluding carboxylic acids is 1. The number of nitrogens with zero attached hydrogens (tertiary/aromatic N) is 3. The minimum atomic E-state index is -0.354. The number of benzene rings is 3. The predicted molar refractivity (Wildman–Crippen MR) is 158 cm³/mol. The highest BCUT2D eigenvalue weighted by Crippen LogP contribution is 2.38. The zero-order valence-corrected chi connectivity index (χ0v) is 23.7. The van der Waals surface area contributed by atoms with Crippen LogP contribution in [-0.2, 0) is 24.9 Å². The molecule has 5 rings (SSSR count). The van der Waals surface area contributed by atoms with Crippen LogP contribution in [0.5, 0.6) is 5.75 Å². The fraction of sp³-hybridized carbons (Fsp3) is 0.364. The number of aromatic hydroxyl groups is 1. The Morgan fingerprint density at radius 2 is 1.75 bits per heavy atom. The SMILES string of the molecule is C[C@@H]1CN([C@@H](C)CO)C(=O)c2c(c3ccccc3n2C)-c2ccccc2CO[C@@H]1CN(C)Cc1ccc(O)cc1. The van der Waals surface area contributed by atoms with Crippen LogP contribution in [0.2, 0.25) is 0 Å². The number of ether oxygens (including phenoxy) is 1. The summed E-state index contributed by atoms with van der Waals surface area (Å²) >= 11 is 0. The van der Waals surface area contributed by atoms with Crippen LogP contribution in [0, 0.1) is 5.92 Å². The van der Waals surface area contributed by atoms with Crippen LogP contribution < -0.4 is 0 Å². The zero-order chi connectivity index (χ0) is 28.4. The van der Waals surface area contributed by atoms with E-state index in [0.717, 1.165) is 33.2 Å². The number of amides is 1. The summed E-state index contributed by atoms with van der Waals surface area (Å²) in [5, 5.41) is 20.9. The molecular weight excluding hydrogens is 502 g/mol. The number of aliphatic hydroxyl groups is 1. The number of phenolic OH excluding ortho intramolecular Hbond substituents is 1. The minimum absolute atomic E-state index is 0.00335. The Kier molecular flexibility index (Phi) is 8.26. The zero-order valence-electron chi connectivity index (χ0n) is 23.7. The maximum absolute atomic E-state index is 14.4. The first kappa shape index (κ1) is 27.9. The molecule has 0 saturated carbocycles. The Bertz CT molecular complexity index is 1480. The molecule has 210 valence electrons. The van der Waals surface area contributed by atoms with Gasteiger partial charge in [0.05, 0.1) is 25.4 Å². The van der Waals surface area contributed by atoms with Gasteiger partial charge in [0.1, 0.15) is 11.4 Å². The van der Waals surface area contributed by atoms with Crippen molar-refractivity contribution >= 4 is 16.8 Å². The molecule has 0 saturated heterocycles. The molecule has 40 heavy (non-hydrogen) atoms. The fourth-order valence-electron chi connectivity index (χ4n) is 5.81. The first-order valence-corrected chi connectivity index (χ1v) is 13.9. The van der Waals surface area contributed by atoms with Crippen molar-refractivity contribution < 1.29 is 19.7 Å². The van der Waals surface area contributed by atoms with Crippen LogP contribution in [0.1, 0.15) is 35.5 Å². The first-order chi connectivity index (χ1) is 19.3. The lowest BCUT2D eigenvalue weighted by atomic mass is 9.96. The van der Waals surface area contributed by atoms with Crippen molar-refractivity contribution in [1.29, 1.82) is 0 Å². The number of aromatic nitrogens is 1. The third kappa shape index (κ3) is 5.50. The summed E-state index contributed by atoms with van der Waals surface area (Å²) in [7, 11) is 4.01. The Morgan fingerprint density at radius 1 is 1.05 bits per heavy atom. The second kappa shape index (κ2) is 11.8. The van der Waals surface area contributed by atoms with E-state index in [-0.39, 0.29) is 36.3 Å². The number of para-hydroxylation sites is 1. The van der Waals surface area contributed by atoms with Crippen molar-refractivity contribution in [1.82, 2.24) is 14.4 Å². The van der Waals surface area contributed by atoms with Gasteiger partial charge in [-0.1, -0.05) is 61.5 Å². The number of phenols is 1. The molecule has 2 N–H and O–H groups in total. The van der Waals surface area contributed by atoms with Crippen LogP contribution in [0.25, 0.3) is 22.0 Å². The van der Waals surface area contributed by atoms with Crippen molar-refractivity contribution in [2.75, 3.05) is 26.7 Å². The molecule has 0 unspecified atom stereocenters. The summed E-state index contributed by atoms with van der Waals surface area (Å²) in [5.41, 5.74) is 5.66. The van der Waals surface area contributed by atoms with E-state index in [0.29, 0.717) is 31.9 Å². The van der Waals surface area contributed by atoms with Crippen LogP contribution in [-0.4, -0.2) is 69.4 Å². The molecule has 0 aliphatic carbocycles. The lowest BCUT2D eigenvalue weighted by Crippen LogP contribution is -2.47. The highest BCUT2D eigenvalue weighted by atomic mass is 16.5. The van der Waals surface area contributed by atoms with E-state index in [4.69, 9.17) is 4.74 Å². The molecule has 1 amide bonds. The Balaban J connectivity index is 1.56. The van der Waals surface area contributed by atoms with Gasteiger partial charge in [-0.3, -0.25) is 9.69 Å². The van der Waals surface area contributed by atoms with Crippen LogP contribution in [0.4, 0.5) is 0 Å². The third-order valence-electron chi connectivity index (χ3n) is 8.11. The van der Waals surface area contributed by atoms with Gasteiger partial charge in [-0.25, -0.2) is 0 Å². The van der Waals surface area contributed by atoms with Gasteiger partial charge in [0.15, 0.2) is 0 Å². The summed E-state index contributed by atoms with van der Waals surface area (Å²) in [4.78, 5) is 18.5. The first-order valence-electron chi connectivity index (χ1n) is 13.9. The molecule has 3 aromatic carbocycles. The maximum Gasteiger partial charge on any atom is 0.271 e. The number of fused-ring (bicyclic) bond motifs is 5. The molecule has 0 radical (unpaired) electrons. The van der Waals surface area contributed by atoms with Gasteiger partial charge in [-0.15, -0.1) is 0 Å². The van der Waals surface area contributed by atoms with E-state index < -0.39 is 0 Å². The Morgan fingerprint density at radius 3 is 2.50 bits per heavy atom. The van der Waals surface area contributed by atoms with Crippen LogP contribution in [0.15, 0.2) is 72.8 Å². The van der Waals surface area contributed by atoms with E-state index in [9.17, 15) is 15.0 Å². The Hall–Kier alpha value is -3.65. The summed E-state index contributed by atoms with van der Waals surface area (Å²) in [6.07, 6.45) is -0.158. The number of hydrogen-bond donors (Lipinski definition) is 2. The van der Waals surface area contributed by atoms with E-state index >= 15 is 0 Å². The fourth-order valence-corrected chi connectivity index (χ4v) is 5.81. The van der Waals surface area contributed by atoms with Crippen molar-refractivity contribution in [2.45, 2.75) is 39.1 Å². The molecule has 1 aliphatic rings. The molecule has 4 aromatic rings. The van der Waals surface area contributed by atoms with Gasteiger partial charge in [-0.2, -0.15) is 0 Å². The quantitative estimate of drug-likeness (QED) is 0.358. The van der Waals surface area contributed by atoms with Gasteiger partial charge >= 0.3 is 0 Å². The van der Waals surface area contributed by atoms with Gasteiger partial charge in [0.25, 0.3) is 5.91 Å². The van der Waals surface area contributed by atoms with Gasteiger partial charge in [0.2, 0.25) is 0 Å². The van der Waals surface area contributed by atoms with E-state index in [2.05, 4.69) is 37.1 Å². The molecule has 3 atom stereocenters. The van der Waals surface area contributed by atoms with Crippen molar-refractivity contribution in [3.63, 3.8) is 0 Å². The maximum atomic E-state index is 14.4. The molecule has 7 nitrogen and oxygen atoms in total. The highest BCUT2D eigenvalue weighted by Gasteiger charge is 2.33. The molecule has 0 bridgehead atoms. The summed E-state index contributed by atoms with van der Waals surface area (Å²) < 4.78 is 8.68. The second-order valence-corrected chi connectivity index (χ2v) is 11.1. The highest BCUT2D eigenvalue weighted by molar-refractivity contribution is 6.10. The van der Waals surface area contributed by atoms with E-state index in [1.165, 1.54) is 0 Å². The lowest BCUT2D eigenvalue weighted by Gasteiger charge is -2.35. The van der Waals surface area contributed by atoms with Gasteiger partial charge in [-0.05, 0) is 48.9 Å². The van der Waals surface area contributed by atoms with E-state index in [1.807, 2.05) is 65.9 Å². The number of likely N-dealkylation sites (N-methyl/N-ethyl adjacent to an activating group) is 1. The summed E-state index contributed by atoms with van der Waals surface area (Å²) in [5.74, 6) is 0.167. The normalized spacial score (nSPS) is 18.9. The number of hydrogen-bond acceptors (Lipinski definition) is 5. The van der Waals surface area contributed by atoms with Crippen LogP contribution >= 0.6 is 0 Å². The van der Waals surface area contributed by atoms with Gasteiger partial charge in [0, 0.05) is 49.1 Å². The second-order valence-electron chi connectivity index (χ2n) is 11.1. The molecule has 1 aliphatic heterocycles. The molecule has 1 aromatic heterocycles.